The minimum absolute atomic E-state index is 0.121. The lowest BCUT2D eigenvalue weighted by molar-refractivity contribution is -0.113. The quantitative estimate of drug-likeness (QED) is 0.536. The Labute approximate surface area is 147 Å². The number of hydrogen-bond acceptors (Lipinski definition) is 7. The highest BCUT2D eigenvalue weighted by Gasteiger charge is 2.25. The zero-order chi connectivity index (χ0) is 17.3. The summed E-state index contributed by atoms with van der Waals surface area (Å²) in [6.45, 7) is 1.73. The lowest BCUT2D eigenvalue weighted by Crippen LogP contribution is -2.20. The van der Waals surface area contributed by atoms with Crippen molar-refractivity contribution in [3.05, 3.63) is 21.8 Å². The van der Waals surface area contributed by atoms with Crippen LogP contribution in [-0.4, -0.2) is 32.4 Å². The van der Waals surface area contributed by atoms with Gasteiger partial charge in [0, 0.05) is 4.88 Å². The first kappa shape index (κ1) is 16.8. The van der Waals surface area contributed by atoms with Crippen molar-refractivity contribution >= 4 is 39.9 Å². The number of aromatic nitrogens is 3. The van der Waals surface area contributed by atoms with Crippen molar-refractivity contribution in [1.29, 1.82) is 0 Å². The van der Waals surface area contributed by atoms with Crippen LogP contribution in [0.3, 0.4) is 0 Å². The number of nitrogens with zero attached hydrogens (tertiary/aromatic N) is 3. The minimum Gasteiger partial charge on any atom is -0.365 e. The predicted octanol–water partition coefficient (Wildman–Crippen LogP) is 1.07. The SMILES string of the molecule is Cc1nnc(SCC(=O)Nc2sc3c(c2C(N)=O)CCCC3)n1N. The number of thioether (sulfide) groups is 1. The van der Waals surface area contributed by atoms with Gasteiger partial charge in [-0.1, -0.05) is 11.8 Å². The molecule has 10 heteroatoms. The average molecular weight is 366 g/mol. The van der Waals surface area contributed by atoms with Crippen LogP contribution in [0.4, 0.5) is 5.00 Å². The summed E-state index contributed by atoms with van der Waals surface area (Å²) in [5.74, 6) is 5.72. The summed E-state index contributed by atoms with van der Waals surface area (Å²) in [5.41, 5.74) is 6.98. The van der Waals surface area contributed by atoms with Crippen LogP contribution in [-0.2, 0) is 17.6 Å². The molecule has 0 atom stereocenters. The molecule has 0 aliphatic heterocycles. The van der Waals surface area contributed by atoms with E-state index in [1.165, 1.54) is 27.8 Å². The van der Waals surface area contributed by atoms with Gasteiger partial charge in [-0.2, -0.15) is 0 Å². The Bertz CT molecular complexity index is 798. The zero-order valence-electron chi connectivity index (χ0n) is 13.2. The number of anilines is 1. The van der Waals surface area contributed by atoms with Crippen LogP contribution in [0.2, 0.25) is 0 Å². The number of nitrogen functional groups attached to an aromatic ring is 1. The number of primary amides is 1. The van der Waals surface area contributed by atoms with Crippen molar-refractivity contribution in [2.45, 2.75) is 37.8 Å². The van der Waals surface area contributed by atoms with Gasteiger partial charge in [-0.05, 0) is 38.2 Å². The van der Waals surface area contributed by atoms with Crippen molar-refractivity contribution < 1.29 is 9.59 Å². The van der Waals surface area contributed by atoms with Crippen LogP contribution in [0.5, 0.6) is 0 Å². The molecule has 0 aromatic carbocycles. The summed E-state index contributed by atoms with van der Waals surface area (Å²) < 4.78 is 1.33. The molecule has 0 saturated carbocycles. The van der Waals surface area contributed by atoms with Gasteiger partial charge in [-0.3, -0.25) is 9.59 Å². The molecule has 1 aliphatic rings. The standard InChI is InChI=1S/C14H18N6O2S2/c1-7-18-19-14(20(7)16)23-6-10(21)17-13-11(12(15)22)8-4-2-3-5-9(8)24-13/h2-6,16H2,1H3,(H2,15,22)(H,17,21). The first-order chi connectivity index (χ1) is 11.5. The maximum Gasteiger partial charge on any atom is 0.251 e. The molecule has 0 unspecified atom stereocenters. The third-order valence-electron chi connectivity index (χ3n) is 3.84. The molecule has 8 nitrogen and oxygen atoms in total. The summed E-state index contributed by atoms with van der Waals surface area (Å²) in [6, 6.07) is 0. The molecule has 2 aromatic heterocycles. The normalized spacial score (nSPS) is 13.5. The highest BCUT2D eigenvalue weighted by molar-refractivity contribution is 7.99. The number of fused-ring (bicyclic) bond motifs is 1. The average Bonchev–Trinajstić information content (AvgIpc) is 3.06. The zero-order valence-corrected chi connectivity index (χ0v) is 14.8. The molecule has 0 spiro atoms. The lowest BCUT2D eigenvalue weighted by Gasteiger charge is -2.11. The van der Waals surface area contributed by atoms with Gasteiger partial charge in [-0.25, -0.2) is 4.68 Å². The first-order valence-electron chi connectivity index (χ1n) is 7.51. The number of nitrogens with one attached hydrogen (secondary N) is 1. The van der Waals surface area contributed by atoms with Crippen molar-refractivity contribution in [3.63, 3.8) is 0 Å². The summed E-state index contributed by atoms with van der Waals surface area (Å²) in [6.07, 6.45) is 3.91. The van der Waals surface area contributed by atoms with Crippen LogP contribution >= 0.6 is 23.1 Å². The van der Waals surface area contributed by atoms with Gasteiger partial charge in [0.2, 0.25) is 11.1 Å². The number of carbonyl (C=O) groups excluding carboxylic acids is 2. The van der Waals surface area contributed by atoms with Gasteiger partial charge in [0.1, 0.15) is 10.8 Å². The second-order valence-electron chi connectivity index (χ2n) is 5.52. The third-order valence-corrected chi connectivity index (χ3v) is 5.99. The van der Waals surface area contributed by atoms with E-state index < -0.39 is 5.91 Å². The maximum absolute atomic E-state index is 12.2. The molecule has 2 aromatic rings. The lowest BCUT2D eigenvalue weighted by atomic mass is 9.95. The molecular weight excluding hydrogens is 348 g/mol. The van der Waals surface area contributed by atoms with Crippen LogP contribution in [0, 0.1) is 6.92 Å². The van der Waals surface area contributed by atoms with E-state index in [1.807, 2.05) is 0 Å². The van der Waals surface area contributed by atoms with Gasteiger partial charge in [0.25, 0.3) is 5.91 Å². The molecule has 0 bridgehead atoms. The minimum atomic E-state index is -0.491. The van der Waals surface area contributed by atoms with E-state index >= 15 is 0 Å². The highest BCUT2D eigenvalue weighted by Crippen LogP contribution is 2.37. The topological polar surface area (TPSA) is 129 Å². The maximum atomic E-state index is 12.2. The van der Waals surface area contributed by atoms with E-state index in [0.717, 1.165) is 36.1 Å². The molecule has 24 heavy (non-hydrogen) atoms. The number of hydrogen-bond donors (Lipinski definition) is 3. The molecule has 0 fully saturated rings. The first-order valence-corrected chi connectivity index (χ1v) is 9.31. The van der Waals surface area contributed by atoms with E-state index in [1.54, 1.807) is 6.92 Å². The summed E-state index contributed by atoms with van der Waals surface area (Å²) in [4.78, 5) is 25.2. The van der Waals surface area contributed by atoms with Gasteiger partial charge in [0.05, 0.1) is 11.3 Å². The molecule has 3 rings (SSSR count). The predicted molar refractivity (Wildman–Crippen MR) is 93.7 cm³/mol. The Morgan fingerprint density at radius 2 is 2.08 bits per heavy atom. The fraction of sp³-hybridized carbons (Fsp3) is 0.429. The fourth-order valence-electron chi connectivity index (χ4n) is 2.66. The smallest absolute Gasteiger partial charge is 0.251 e. The van der Waals surface area contributed by atoms with Crippen molar-refractivity contribution in [2.75, 3.05) is 16.9 Å². The Kier molecular flexibility index (Phi) is 4.76. The Hall–Kier alpha value is -2.07. The molecule has 1 aliphatic carbocycles. The van der Waals surface area contributed by atoms with E-state index in [-0.39, 0.29) is 11.7 Å². The summed E-state index contributed by atoms with van der Waals surface area (Å²) in [7, 11) is 0. The molecule has 2 amide bonds. The number of rotatable bonds is 5. The van der Waals surface area contributed by atoms with E-state index in [4.69, 9.17) is 11.6 Å². The number of carbonyl (C=O) groups is 2. The Morgan fingerprint density at radius 1 is 1.33 bits per heavy atom. The largest absolute Gasteiger partial charge is 0.365 e. The summed E-state index contributed by atoms with van der Waals surface area (Å²) in [5, 5.41) is 11.5. The number of amides is 2. The molecule has 5 N–H and O–H groups in total. The number of thiophene rings is 1. The van der Waals surface area contributed by atoms with E-state index in [2.05, 4.69) is 15.5 Å². The van der Waals surface area contributed by atoms with Crippen molar-refractivity contribution in [2.24, 2.45) is 5.73 Å². The Morgan fingerprint density at radius 3 is 2.75 bits per heavy atom. The Balaban J connectivity index is 1.71. The van der Waals surface area contributed by atoms with E-state index in [0.29, 0.717) is 21.5 Å². The van der Waals surface area contributed by atoms with Crippen molar-refractivity contribution in [1.82, 2.24) is 14.9 Å². The molecular formula is C14H18N6O2S2. The summed E-state index contributed by atoms with van der Waals surface area (Å²) >= 11 is 2.63. The van der Waals surface area contributed by atoms with Gasteiger partial charge < -0.3 is 16.9 Å². The molecule has 0 saturated heterocycles. The van der Waals surface area contributed by atoms with Crippen LogP contribution in [0.1, 0.15) is 39.5 Å². The van der Waals surface area contributed by atoms with Crippen LogP contribution < -0.4 is 16.9 Å². The fourth-order valence-corrected chi connectivity index (χ4v) is 4.67. The highest BCUT2D eigenvalue weighted by atomic mass is 32.2. The van der Waals surface area contributed by atoms with Gasteiger partial charge in [0.15, 0.2) is 0 Å². The van der Waals surface area contributed by atoms with Crippen LogP contribution in [0.15, 0.2) is 5.16 Å². The van der Waals surface area contributed by atoms with E-state index in [9.17, 15) is 9.59 Å². The molecule has 2 heterocycles. The van der Waals surface area contributed by atoms with Gasteiger partial charge >= 0.3 is 0 Å². The second-order valence-corrected chi connectivity index (χ2v) is 7.56. The molecule has 0 radical (unpaired) electrons. The monoisotopic (exact) mass is 366 g/mol. The third kappa shape index (κ3) is 3.24. The number of nitrogens with two attached hydrogens (primary N) is 2. The molecule has 128 valence electrons. The van der Waals surface area contributed by atoms with Crippen molar-refractivity contribution in [3.8, 4) is 0 Å². The van der Waals surface area contributed by atoms with Crippen LogP contribution in [0.25, 0.3) is 0 Å². The van der Waals surface area contributed by atoms with Gasteiger partial charge in [-0.15, -0.1) is 21.5 Å². The number of aryl methyl sites for hydroxylation is 2. The second kappa shape index (κ2) is 6.81.